The molecular weight excluding hydrogens is 310 g/mol. The lowest BCUT2D eigenvalue weighted by Gasteiger charge is -2.39. The van der Waals surface area contributed by atoms with E-state index < -0.39 is 5.60 Å². The number of hydrogen-bond donors (Lipinski definition) is 1. The van der Waals surface area contributed by atoms with Gasteiger partial charge in [-0.1, -0.05) is 60.2 Å². The SMILES string of the molecule is COc1ccccc1C1(O)CCN(C/C(C)=C/c2ccccc2)CC1. The molecule has 1 fully saturated rings. The lowest BCUT2D eigenvalue weighted by Crippen LogP contribution is -2.43. The molecule has 0 saturated carbocycles. The summed E-state index contributed by atoms with van der Waals surface area (Å²) in [5.41, 5.74) is 2.70. The zero-order valence-electron chi connectivity index (χ0n) is 15.1. The number of ether oxygens (including phenoxy) is 1. The minimum Gasteiger partial charge on any atom is -0.496 e. The van der Waals surface area contributed by atoms with E-state index in [0.29, 0.717) is 0 Å². The number of benzene rings is 2. The summed E-state index contributed by atoms with van der Waals surface area (Å²) in [5, 5.41) is 11.1. The van der Waals surface area contributed by atoms with Crippen LogP contribution in [0.25, 0.3) is 6.08 Å². The van der Waals surface area contributed by atoms with E-state index in [9.17, 15) is 5.11 Å². The molecule has 1 aliphatic heterocycles. The third-order valence-corrected chi connectivity index (χ3v) is 4.98. The summed E-state index contributed by atoms with van der Waals surface area (Å²) in [6.07, 6.45) is 3.69. The molecule has 1 saturated heterocycles. The molecule has 0 unspecified atom stereocenters. The number of nitrogens with zero attached hydrogens (tertiary/aromatic N) is 1. The smallest absolute Gasteiger partial charge is 0.124 e. The summed E-state index contributed by atoms with van der Waals surface area (Å²) in [4.78, 5) is 2.42. The highest BCUT2D eigenvalue weighted by Crippen LogP contribution is 2.38. The summed E-state index contributed by atoms with van der Waals surface area (Å²) in [7, 11) is 1.66. The summed E-state index contributed by atoms with van der Waals surface area (Å²) in [5.74, 6) is 0.776. The van der Waals surface area contributed by atoms with Crippen LogP contribution in [0.2, 0.25) is 0 Å². The van der Waals surface area contributed by atoms with Crippen molar-refractivity contribution in [3.63, 3.8) is 0 Å². The van der Waals surface area contributed by atoms with Crippen molar-refractivity contribution in [2.24, 2.45) is 0 Å². The molecular formula is C22H27NO2. The van der Waals surface area contributed by atoms with Crippen molar-refractivity contribution in [1.82, 2.24) is 4.90 Å². The first-order chi connectivity index (χ1) is 12.1. The number of methoxy groups -OCH3 is 1. The van der Waals surface area contributed by atoms with Crippen molar-refractivity contribution in [2.75, 3.05) is 26.7 Å². The quantitative estimate of drug-likeness (QED) is 0.892. The second-order valence-electron chi connectivity index (χ2n) is 6.91. The van der Waals surface area contributed by atoms with E-state index in [1.807, 2.05) is 30.3 Å². The molecule has 25 heavy (non-hydrogen) atoms. The molecule has 2 aromatic rings. The first kappa shape index (κ1) is 17.7. The number of likely N-dealkylation sites (tertiary alicyclic amines) is 1. The molecule has 1 heterocycles. The molecule has 0 amide bonds. The molecule has 3 rings (SSSR count). The predicted molar refractivity (Wildman–Crippen MR) is 103 cm³/mol. The monoisotopic (exact) mass is 337 g/mol. The van der Waals surface area contributed by atoms with Crippen molar-refractivity contribution in [1.29, 1.82) is 0 Å². The fourth-order valence-corrected chi connectivity index (χ4v) is 3.61. The Hall–Kier alpha value is -2.10. The Morgan fingerprint density at radius 3 is 2.40 bits per heavy atom. The third kappa shape index (κ3) is 4.30. The number of piperidine rings is 1. The van der Waals surface area contributed by atoms with E-state index in [1.54, 1.807) is 7.11 Å². The van der Waals surface area contributed by atoms with Crippen LogP contribution in [0.5, 0.6) is 5.75 Å². The molecule has 3 nitrogen and oxygen atoms in total. The van der Waals surface area contributed by atoms with E-state index in [1.165, 1.54) is 11.1 Å². The summed E-state index contributed by atoms with van der Waals surface area (Å²) < 4.78 is 5.44. The van der Waals surface area contributed by atoms with Crippen LogP contribution >= 0.6 is 0 Å². The second-order valence-corrected chi connectivity index (χ2v) is 6.91. The zero-order valence-corrected chi connectivity index (χ0v) is 15.1. The Kier molecular flexibility index (Phi) is 5.57. The van der Waals surface area contributed by atoms with Gasteiger partial charge in [-0.2, -0.15) is 0 Å². The molecule has 0 aromatic heterocycles. The fraction of sp³-hybridized carbons (Fsp3) is 0.364. The lowest BCUT2D eigenvalue weighted by atomic mass is 9.83. The van der Waals surface area contributed by atoms with E-state index in [-0.39, 0.29) is 0 Å². The first-order valence-corrected chi connectivity index (χ1v) is 8.91. The van der Waals surface area contributed by atoms with Gasteiger partial charge in [-0.05, 0) is 31.4 Å². The van der Waals surface area contributed by atoms with Gasteiger partial charge in [-0.25, -0.2) is 0 Å². The van der Waals surface area contributed by atoms with Crippen molar-refractivity contribution in [2.45, 2.75) is 25.4 Å². The van der Waals surface area contributed by atoms with Crippen LogP contribution in [0, 0.1) is 0 Å². The molecule has 3 heteroatoms. The maximum atomic E-state index is 11.1. The van der Waals surface area contributed by atoms with E-state index >= 15 is 0 Å². The van der Waals surface area contributed by atoms with Crippen molar-refractivity contribution < 1.29 is 9.84 Å². The van der Waals surface area contributed by atoms with Gasteiger partial charge in [0.05, 0.1) is 12.7 Å². The number of rotatable bonds is 5. The third-order valence-electron chi connectivity index (χ3n) is 4.98. The van der Waals surface area contributed by atoms with Gasteiger partial charge in [-0.15, -0.1) is 0 Å². The summed E-state index contributed by atoms with van der Waals surface area (Å²) in [6, 6.07) is 18.2. The molecule has 0 spiro atoms. The Morgan fingerprint density at radius 2 is 1.72 bits per heavy atom. The first-order valence-electron chi connectivity index (χ1n) is 8.91. The second kappa shape index (κ2) is 7.85. The van der Waals surface area contributed by atoms with Gasteiger partial charge in [0.25, 0.3) is 0 Å². The largest absolute Gasteiger partial charge is 0.496 e. The Morgan fingerprint density at radius 1 is 1.08 bits per heavy atom. The molecule has 0 bridgehead atoms. The summed E-state index contributed by atoms with van der Waals surface area (Å²) >= 11 is 0. The standard InChI is InChI=1S/C22H27NO2/c1-18(16-19-8-4-3-5-9-19)17-23-14-12-22(24,13-15-23)20-10-6-7-11-21(20)25-2/h3-11,16,24H,12-15,17H2,1-2H3/b18-16+. The highest BCUT2D eigenvalue weighted by atomic mass is 16.5. The highest BCUT2D eigenvalue weighted by Gasteiger charge is 2.35. The minimum absolute atomic E-state index is 0.728. The van der Waals surface area contributed by atoms with Crippen LogP contribution in [-0.4, -0.2) is 36.8 Å². The maximum absolute atomic E-state index is 11.1. The van der Waals surface area contributed by atoms with Crippen LogP contribution in [-0.2, 0) is 5.60 Å². The average Bonchev–Trinajstić information content (AvgIpc) is 2.64. The van der Waals surface area contributed by atoms with Crippen molar-refractivity contribution >= 4 is 6.08 Å². The highest BCUT2D eigenvalue weighted by molar-refractivity contribution is 5.52. The van der Waals surface area contributed by atoms with Crippen LogP contribution in [0.15, 0.2) is 60.2 Å². The van der Waals surface area contributed by atoms with Gasteiger partial charge in [0.2, 0.25) is 0 Å². The summed E-state index contributed by atoms with van der Waals surface area (Å²) in [6.45, 7) is 4.88. The van der Waals surface area contributed by atoms with E-state index in [0.717, 1.165) is 43.8 Å². The van der Waals surface area contributed by atoms with Gasteiger partial charge < -0.3 is 9.84 Å². The molecule has 132 valence electrons. The molecule has 1 N–H and O–H groups in total. The van der Waals surface area contributed by atoms with Gasteiger partial charge in [0, 0.05) is 25.2 Å². The van der Waals surface area contributed by atoms with Crippen LogP contribution in [0.1, 0.15) is 30.9 Å². The molecule has 0 aliphatic carbocycles. The number of para-hydroxylation sites is 1. The maximum Gasteiger partial charge on any atom is 0.124 e. The normalized spacial score (nSPS) is 18.1. The number of hydrogen-bond acceptors (Lipinski definition) is 3. The average molecular weight is 337 g/mol. The van der Waals surface area contributed by atoms with Crippen LogP contribution in [0.4, 0.5) is 0 Å². The van der Waals surface area contributed by atoms with Crippen LogP contribution < -0.4 is 4.74 Å². The van der Waals surface area contributed by atoms with Gasteiger partial charge in [0.15, 0.2) is 0 Å². The predicted octanol–water partition coefficient (Wildman–Crippen LogP) is 4.08. The van der Waals surface area contributed by atoms with Crippen LogP contribution in [0.3, 0.4) is 0 Å². The van der Waals surface area contributed by atoms with E-state index in [4.69, 9.17) is 4.74 Å². The van der Waals surface area contributed by atoms with E-state index in [2.05, 4.69) is 42.2 Å². The fourth-order valence-electron chi connectivity index (χ4n) is 3.61. The molecule has 0 atom stereocenters. The lowest BCUT2D eigenvalue weighted by molar-refractivity contribution is -0.0254. The Balaban J connectivity index is 1.63. The minimum atomic E-state index is -0.792. The van der Waals surface area contributed by atoms with Gasteiger partial charge >= 0.3 is 0 Å². The topological polar surface area (TPSA) is 32.7 Å². The number of aliphatic hydroxyl groups is 1. The molecule has 0 radical (unpaired) electrons. The molecule has 1 aliphatic rings. The Bertz CT molecular complexity index is 716. The molecule has 2 aromatic carbocycles. The van der Waals surface area contributed by atoms with Gasteiger partial charge in [0.1, 0.15) is 5.75 Å². The Labute approximate surface area is 150 Å². The zero-order chi connectivity index (χ0) is 17.7. The van der Waals surface area contributed by atoms with Crippen molar-refractivity contribution in [3.05, 3.63) is 71.3 Å². The van der Waals surface area contributed by atoms with Gasteiger partial charge in [-0.3, -0.25) is 4.90 Å². The van der Waals surface area contributed by atoms with Crippen molar-refractivity contribution in [3.8, 4) is 5.75 Å².